The molecule has 0 aliphatic heterocycles. The van der Waals surface area contributed by atoms with Crippen molar-refractivity contribution in [3.63, 3.8) is 0 Å². The van der Waals surface area contributed by atoms with Crippen LogP contribution < -0.4 is 5.32 Å². The first-order valence-corrected chi connectivity index (χ1v) is 8.66. The fourth-order valence-electron chi connectivity index (χ4n) is 2.13. The van der Waals surface area contributed by atoms with Gasteiger partial charge in [-0.25, -0.2) is 4.39 Å². The molecule has 0 bridgehead atoms. The molecule has 0 spiro atoms. The van der Waals surface area contributed by atoms with E-state index in [1.165, 1.54) is 4.74 Å². The first kappa shape index (κ1) is 33.4. The summed E-state index contributed by atoms with van der Waals surface area (Å²) in [7, 11) is 0. The first-order valence-electron chi connectivity index (χ1n) is 8.66. The number of alkyl halides is 17. The van der Waals surface area contributed by atoms with Crippen LogP contribution in [0, 0.1) is 12.7 Å². The largest absolute Gasteiger partial charge is 0.462 e. The van der Waals surface area contributed by atoms with Crippen molar-refractivity contribution in [2.75, 3.05) is 5.32 Å². The second kappa shape index (κ2) is 9.52. The predicted molar refractivity (Wildman–Crippen MR) is 82.6 cm³/mol. The zero-order chi connectivity index (χ0) is 30.6. The van der Waals surface area contributed by atoms with Crippen LogP contribution in [0.25, 0.3) is 0 Å². The molecular formula is C16H7F18NO3. The zero-order valence-corrected chi connectivity index (χ0v) is 17.3. The normalized spacial score (nSPS) is 17.6. The Hall–Kier alpha value is -2.65. The Labute approximate surface area is 196 Å². The maximum atomic E-state index is 14.4. The lowest BCUT2D eigenvalue weighted by molar-refractivity contribution is -0.548. The van der Waals surface area contributed by atoms with Gasteiger partial charge in [-0.05, 0) is 30.7 Å². The molecule has 0 saturated carbocycles. The topological polar surface area (TPSA) is 47.6 Å². The number of ether oxygens (including phenoxy) is 2. The summed E-state index contributed by atoms with van der Waals surface area (Å²) in [4.78, 5) is 11.7. The maximum Gasteiger partial charge on any atom is 0.462 e. The first-order chi connectivity index (χ1) is 16.5. The standard InChI is InChI=1S/C16H7F18NO3/c1-5-4-6(17)2-3-7(5)35-8(36)9(18,12(22,23)24)37-16(33,34)11(21,14(28,29)30)38-15(31,32)10(19,20)13(25,26)27/h2-4H,1H3,(H,35,36)/t9-,11-/m0/s1. The molecule has 0 aromatic heterocycles. The molecule has 4 nitrogen and oxygen atoms in total. The number of halogens is 18. The molecule has 0 unspecified atom stereocenters. The van der Waals surface area contributed by atoms with Gasteiger partial charge in [0.25, 0.3) is 5.91 Å². The van der Waals surface area contributed by atoms with Crippen molar-refractivity contribution in [3.05, 3.63) is 29.6 Å². The number of benzene rings is 1. The van der Waals surface area contributed by atoms with Crippen LogP contribution in [0.1, 0.15) is 5.56 Å². The van der Waals surface area contributed by atoms with E-state index in [0.717, 1.165) is 12.2 Å². The van der Waals surface area contributed by atoms with Gasteiger partial charge in [-0.2, -0.15) is 74.6 Å². The summed E-state index contributed by atoms with van der Waals surface area (Å²) in [6.07, 6.45) is -38.8. The average molecular weight is 603 g/mol. The van der Waals surface area contributed by atoms with Gasteiger partial charge in [0.15, 0.2) is 0 Å². The molecule has 0 saturated heterocycles. The smallest absolute Gasteiger partial charge is 0.321 e. The molecule has 0 aliphatic carbocycles. The highest BCUT2D eigenvalue weighted by atomic mass is 19.4. The van der Waals surface area contributed by atoms with E-state index in [4.69, 9.17) is 0 Å². The molecule has 38 heavy (non-hydrogen) atoms. The zero-order valence-electron chi connectivity index (χ0n) is 17.3. The van der Waals surface area contributed by atoms with E-state index >= 15 is 0 Å². The number of rotatable bonds is 8. The Morgan fingerprint density at radius 2 is 1.16 bits per heavy atom. The van der Waals surface area contributed by atoms with Crippen molar-refractivity contribution in [2.45, 2.75) is 55.3 Å². The number of hydrogen-bond acceptors (Lipinski definition) is 3. The monoisotopic (exact) mass is 603 g/mol. The summed E-state index contributed by atoms with van der Waals surface area (Å²) < 4.78 is 239. The summed E-state index contributed by atoms with van der Waals surface area (Å²) in [5, 5.41) is 0.769. The van der Waals surface area contributed by atoms with Crippen molar-refractivity contribution in [2.24, 2.45) is 0 Å². The number of nitrogens with one attached hydrogen (secondary N) is 1. The van der Waals surface area contributed by atoms with Crippen molar-refractivity contribution in [1.29, 1.82) is 0 Å². The summed E-state index contributed by atoms with van der Waals surface area (Å²) in [6.45, 7) is 0.772. The molecule has 0 heterocycles. The van der Waals surface area contributed by atoms with Gasteiger partial charge in [-0.3, -0.25) is 14.3 Å². The summed E-state index contributed by atoms with van der Waals surface area (Å²) in [5.41, 5.74) is -1.69. The summed E-state index contributed by atoms with van der Waals surface area (Å²) >= 11 is 0. The van der Waals surface area contributed by atoms with Gasteiger partial charge in [0.1, 0.15) is 5.82 Å². The Bertz CT molecular complexity index is 1030. The number of amides is 1. The van der Waals surface area contributed by atoms with Gasteiger partial charge in [0.05, 0.1) is 0 Å². The summed E-state index contributed by atoms with van der Waals surface area (Å²) in [5.74, 6) is -27.7. The van der Waals surface area contributed by atoms with E-state index in [2.05, 4.69) is 0 Å². The van der Waals surface area contributed by atoms with Gasteiger partial charge in [0.2, 0.25) is 0 Å². The molecule has 1 amide bonds. The third-order valence-corrected chi connectivity index (χ3v) is 4.09. The lowest BCUT2D eigenvalue weighted by atomic mass is 10.1. The van der Waals surface area contributed by atoms with Crippen LogP contribution in [0.3, 0.4) is 0 Å². The van der Waals surface area contributed by atoms with Gasteiger partial charge >= 0.3 is 48.4 Å². The fraction of sp³-hybridized carbons (Fsp3) is 0.562. The van der Waals surface area contributed by atoms with E-state index < -0.39 is 71.4 Å². The SMILES string of the molecule is Cc1cc(F)ccc1NC(=O)[C@](F)(OC(F)(F)[C@@](F)(OC(F)(F)C(F)(F)C(F)(F)F)C(F)(F)F)C(F)(F)F. The van der Waals surface area contributed by atoms with Crippen LogP contribution in [0.5, 0.6) is 0 Å². The minimum atomic E-state index is -8.10. The summed E-state index contributed by atoms with van der Waals surface area (Å²) in [6, 6.07) is 1.08. The molecular weight excluding hydrogens is 596 g/mol. The molecule has 0 radical (unpaired) electrons. The molecule has 2 atom stereocenters. The van der Waals surface area contributed by atoms with E-state index in [1.54, 1.807) is 0 Å². The lowest BCUT2D eigenvalue weighted by Gasteiger charge is -2.40. The fourth-order valence-corrected chi connectivity index (χ4v) is 2.13. The van der Waals surface area contributed by atoms with Crippen molar-refractivity contribution < 1.29 is 93.3 Å². The molecule has 1 rings (SSSR count). The molecule has 0 fully saturated rings. The van der Waals surface area contributed by atoms with Crippen molar-refractivity contribution in [3.8, 4) is 0 Å². The minimum Gasteiger partial charge on any atom is -0.321 e. The third kappa shape index (κ3) is 5.83. The third-order valence-electron chi connectivity index (χ3n) is 4.09. The lowest BCUT2D eigenvalue weighted by Crippen LogP contribution is -2.68. The van der Waals surface area contributed by atoms with Gasteiger partial charge < -0.3 is 5.32 Å². The van der Waals surface area contributed by atoms with Crippen molar-refractivity contribution in [1.82, 2.24) is 0 Å². The minimum absolute atomic E-state index is 0.329. The molecule has 0 aliphatic rings. The van der Waals surface area contributed by atoms with E-state index in [-0.39, 0.29) is 0 Å². The Morgan fingerprint density at radius 1 is 0.684 bits per heavy atom. The van der Waals surface area contributed by atoms with E-state index in [1.807, 2.05) is 4.74 Å². The Kier molecular flexibility index (Phi) is 8.36. The highest BCUT2D eigenvalue weighted by Gasteiger charge is 2.85. The van der Waals surface area contributed by atoms with Gasteiger partial charge in [-0.15, -0.1) is 0 Å². The van der Waals surface area contributed by atoms with Crippen LogP contribution in [-0.4, -0.2) is 54.3 Å². The number of hydrogen-bond donors (Lipinski definition) is 1. The van der Waals surface area contributed by atoms with Gasteiger partial charge in [0, 0.05) is 5.69 Å². The molecule has 1 N–H and O–H groups in total. The number of aryl methyl sites for hydroxylation is 1. The highest BCUT2D eigenvalue weighted by molar-refractivity contribution is 5.97. The predicted octanol–water partition coefficient (Wildman–Crippen LogP) is 6.95. The molecule has 22 heteroatoms. The number of anilines is 1. The number of carbonyl (C=O) groups excluding carboxylic acids is 1. The maximum absolute atomic E-state index is 14.4. The van der Waals surface area contributed by atoms with Crippen LogP contribution in [0.15, 0.2) is 18.2 Å². The Morgan fingerprint density at radius 3 is 1.53 bits per heavy atom. The molecule has 1 aromatic carbocycles. The Balaban J connectivity index is 3.65. The van der Waals surface area contributed by atoms with Crippen LogP contribution in [0.2, 0.25) is 0 Å². The molecule has 1 aromatic rings. The second-order valence-corrected chi connectivity index (χ2v) is 6.91. The van der Waals surface area contributed by atoms with Crippen molar-refractivity contribution >= 4 is 11.6 Å². The van der Waals surface area contributed by atoms with Gasteiger partial charge in [-0.1, -0.05) is 0 Å². The quantitative estimate of drug-likeness (QED) is 0.328. The van der Waals surface area contributed by atoms with Crippen LogP contribution >= 0.6 is 0 Å². The van der Waals surface area contributed by atoms with Crippen LogP contribution in [0.4, 0.5) is 84.7 Å². The average Bonchev–Trinajstić information content (AvgIpc) is 2.66. The van der Waals surface area contributed by atoms with E-state index in [0.29, 0.717) is 18.2 Å². The van der Waals surface area contributed by atoms with E-state index in [9.17, 15) is 83.8 Å². The van der Waals surface area contributed by atoms with Crippen LogP contribution in [-0.2, 0) is 14.3 Å². The molecule has 220 valence electrons. The number of carbonyl (C=O) groups is 1. The second-order valence-electron chi connectivity index (χ2n) is 6.91. The highest BCUT2D eigenvalue weighted by Crippen LogP contribution is 2.56.